The van der Waals surface area contributed by atoms with E-state index in [-0.39, 0.29) is 11.0 Å². The van der Waals surface area contributed by atoms with Gasteiger partial charge in [0, 0.05) is 10.9 Å². The third-order valence-corrected chi connectivity index (χ3v) is 4.35. The van der Waals surface area contributed by atoms with E-state index in [1.165, 1.54) is 0 Å². The third kappa shape index (κ3) is 2.60. The number of unbranched alkanes of at least 4 members (excludes halogenated alkanes) is 2. The monoisotopic (exact) mass is 317 g/mol. The van der Waals surface area contributed by atoms with Gasteiger partial charge in [-0.3, -0.25) is 4.79 Å². The van der Waals surface area contributed by atoms with Crippen LogP contribution in [0.25, 0.3) is 0 Å². The Morgan fingerprint density at radius 1 is 1.39 bits per heavy atom. The summed E-state index contributed by atoms with van der Waals surface area (Å²) in [4.78, 5) is 23.0. The lowest BCUT2D eigenvalue weighted by atomic mass is 9.86. The largest absolute Gasteiger partial charge is 0.478 e. The van der Waals surface area contributed by atoms with Gasteiger partial charge in [0.05, 0.1) is 5.41 Å². The van der Waals surface area contributed by atoms with Crippen molar-refractivity contribution in [3.05, 3.63) is 11.6 Å². The molecule has 0 aromatic carbocycles. The van der Waals surface area contributed by atoms with Gasteiger partial charge in [0.25, 0.3) is 0 Å². The number of carbonyl (C=O) groups excluding carboxylic acids is 1. The molecule has 1 saturated carbocycles. The van der Waals surface area contributed by atoms with Crippen molar-refractivity contribution in [2.24, 2.45) is 16.6 Å². The van der Waals surface area contributed by atoms with Gasteiger partial charge in [-0.15, -0.1) is 0 Å². The van der Waals surface area contributed by atoms with E-state index in [1.54, 1.807) is 6.08 Å². The van der Waals surface area contributed by atoms with Crippen molar-refractivity contribution in [1.29, 1.82) is 0 Å². The number of primary amides is 1. The van der Waals surface area contributed by atoms with Crippen molar-refractivity contribution < 1.29 is 14.7 Å². The number of alkyl halides is 1. The molecule has 0 aromatic rings. The van der Waals surface area contributed by atoms with Crippen molar-refractivity contribution in [3.63, 3.8) is 0 Å². The van der Waals surface area contributed by atoms with Gasteiger partial charge in [0.1, 0.15) is 0 Å². The number of carbonyl (C=O) groups is 2. The Labute approximate surface area is 116 Å². The summed E-state index contributed by atoms with van der Waals surface area (Å²) in [6.07, 6.45) is 4.74. The second kappa shape index (κ2) is 5.43. The fourth-order valence-electron chi connectivity index (χ4n) is 2.56. The minimum absolute atomic E-state index is 0.176. The molecule has 1 unspecified atom stereocenters. The van der Waals surface area contributed by atoms with Crippen LogP contribution in [-0.2, 0) is 9.59 Å². The van der Waals surface area contributed by atoms with Gasteiger partial charge >= 0.3 is 5.97 Å². The molecule has 0 bridgehead atoms. The molecule has 0 radical (unpaired) electrons. The fraction of sp³-hybridized carbons (Fsp3) is 0.692. The van der Waals surface area contributed by atoms with E-state index in [1.807, 2.05) is 13.8 Å². The van der Waals surface area contributed by atoms with Gasteiger partial charge < -0.3 is 10.8 Å². The molecule has 1 aliphatic carbocycles. The number of nitrogens with two attached hydrogens (primary N) is 1. The Morgan fingerprint density at radius 3 is 2.28 bits per heavy atom. The number of aliphatic carboxylic acids is 1. The first-order valence-electron chi connectivity index (χ1n) is 6.09. The molecule has 0 saturated heterocycles. The van der Waals surface area contributed by atoms with Crippen LogP contribution in [0.3, 0.4) is 0 Å². The Bertz CT molecular complexity index is 390. The number of carboxylic acids is 1. The van der Waals surface area contributed by atoms with Gasteiger partial charge in [-0.1, -0.05) is 35.9 Å². The quantitative estimate of drug-likeness (QED) is 0.430. The fourth-order valence-corrected chi connectivity index (χ4v) is 2.96. The third-order valence-electron chi connectivity index (χ3n) is 3.78. The maximum Gasteiger partial charge on any atom is 0.332 e. The predicted molar refractivity (Wildman–Crippen MR) is 73.4 cm³/mol. The average molecular weight is 318 g/mol. The molecule has 1 amide bonds. The number of hydrogen-bond donors (Lipinski definition) is 2. The zero-order chi connectivity index (χ0) is 14.0. The number of rotatable bonds is 7. The van der Waals surface area contributed by atoms with Crippen molar-refractivity contribution >= 4 is 27.8 Å². The Kier molecular flexibility index (Phi) is 4.59. The molecule has 0 aromatic heterocycles. The summed E-state index contributed by atoms with van der Waals surface area (Å²) in [6, 6.07) is 0. The van der Waals surface area contributed by atoms with Gasteiger partial charge in [-0.05, 0) is 31.1 Å². The SMILES string of the molecule is CC1(C)CC1(C(N)=O)/C(=C/CCCCBr)C(=O)O. The molecule has 0 heterocycles. The Balaban J connectivity index is 2.92. The normalized spacial score (nSPS) is 25.8. The highest BCUT2D eigenvalue weighted by Crippen LogP contribution is 2.67. The first kappa shape index (κ1) is 15.2. The molecule has 0 spiro atoms. The van der Waals surface area contributed by atoms with Gasteiger partial charge in [-0.2, -0.15) is 0 Å². The minimum Gasteiger partial charge on any atom is -0.478 e. The van der Waals surface area contributed by atoms with Gasteiger partial charge in [-0.25, -0.2) is 4.79 Å². The van der Waals surface area contributed by atoms with Crippen molar-refractivity contribution in [2.45, 2.75) is 39.5 Å². The van der Waals surface area contributed by atoms with Crippen LogP contribution < -0.4 is 5.73 Å². The van der Waals surface area contributed by atoms with E-state index in [2.05, 4.69) is 15.9 Å². The Hall–Kier alpha value is -0.840. The molecule has 1 aliphatic rings. The molecule has 1 atom stereocenters. The van der Waals surface area contributed by atoms with Gasteiger partial charge in [0.2, 0.25) is 5.91 Å². The summed E-state index contributed by atoms with van der Waals surface area (Å²) < 4.78 is 0. The van der Waals surface area contributed by atoms with Crippen LogP contribution in [0.15, 0.2) is 11.6 Å². The smallest absolute Gasteiger partial charge is 0.332 e. The summed E-state index contributed by atoms with van der Waals surface area (Å²) in [7, 11) is 0. The standard InChI is InChI=1S/C13H20BrNO3/c1-12(2)8-13(12,11(15)18)9(10(16)17)6-4-3-5-7-14/h6H,3-5,7-8H2,1-2H3,(H2,15,18)(H,16,17)/b9-6+. The van der Waals surface area contributed by atoms with Gasteiger partial charge in [0.15, 0.2) is 0 Å². The van der Waals surface area contributed by atoms with E-state index in [0.29, 0.717) is 12.8 Å². The first-order valence-corrected chi connectivity index (χ1v) is 7.21. The van der Waals surface area contributed by atoms with Crippen LogP contribution in [0, 0.1) is 10.8 Å². The summed E-state index contributed by atoms with van der Waals surface area (Å²) >= 11 is 3.33. The topological polar surface area (TPSA) is 80.4 Å². The molecule has 102 valence electrons. The molecule has 4 nitrogen and oxygen atoms in total. The molecule has 1 rings (SSSR count). The van der Waals surface area contributed by atoms with Crippen LogP contribution in [0.5, 0.6) is 0 Å². The molecule has 18 heavy (non-hydrogen) atoms. The minimum atomic E-state index is -1.03. The number of amides is 1. The summed E-state index contributed by atoms with van der Waals surface area (Å²) in [5.41, 5.74) is 4.27. The first-order chi connectivity index (χ1) is 8.29. The lowest BCUT2D eigenvalue weighted by molar-refractivity contribution is -0.136. The molecule has 1 fully saturated rings. The van der Waals surface area contributed by atoms with Crippen LogP contribution in [-0.4, -0.2) is 22.3 Å². The zero-order valence-electron chi connectivity index (χ0n) is 10.8. The molecule has 3 N–H and O–H groups in total. The van der Waals surface area contributed by atoms with Crippen LogP contribution in [0.2, 0.25) is 0 Å². The summed E-state index contributed by atoms with van der Waals surface area (Å²) in [6.45, 7) is 3.76. The molecular weight excluding hydrogens is 298 g/mol. The predicted octanol–water partition coefficient (Wildman–Crippen LogP) is 2.46. The maximum atomic E-state index is 11.6. The van der Waals surface area contributed by atoms with E-state index in [4.69, 9.17) is 5.73 Å². The lowest BCUT2D eigenvalue weighted by Gasteiger charge is -2.17. The van der Waals surface area contributed by atoms with Crippen LogP contribution in [0.1, 0.15) is 39.5 Å². The highest BCUT2D eigenvalue weighted by molar-refractivity contribution is 9.09. The van der Waals surface area contributed by atoms with Crippen LogP contribution in [0.4, 0.5) is 0 Å². The van der Waals surface area contributed by atoms with E-state index in [0.717, 1.165) is 18.2 Å². The van der Waals surface area contributed by atoms with E-state index in [9.17, 15) is 14.7 Å². The number of halogens is 1. The molecular formula is C13H20BrNO3. The maximum absolute atomic E-state index is 11.6. The number of hydrogen-bond acceptors (Lipinski definition) is 2. The number of allylic oxidation sites excluding steroid dienone is 1. The second-order valence-corrected chi connectivity index (χ2v) is 6.23. The van der Waals surface area contributed by atoms with Crippen LogP contribution >= 0.6 is 15.9 Å². The zero-order valence-corrected chi connectivity index (χ0v) is 12.4. The highest BCUT2D eigenvalue weighted by atomic mass is 79.9. The average Bonchev–Trinajstić information content (AvgIpc) is 2.82. The molecule has 5 heteroatoms. The Morgan fingerprint density at radius 2 is 1.94 bits per heavy atom. The van der Waals surface area contributed by atoms with Crippen molar-refractivity contribution in [1.82, 2.24) is 0 Å². The summed E-state index contributed by atoms with van der Waals surface area (Å²) in [5.74, 6) is -1.56. The highest BCUT2D eigenvalue weighted by Gasteiger charge is 2.68. The van der Waals surface area contributed by atoms with E-state index < -0.39 is 17.3 Å². The summed E-state index contributed by atoms with van der Waals surface area (Å²) in [5, 5.41) is 10.2. The lowest BCUT2D eigenvalue weighted by Crippen LogP contribution is -2.33. The number of carboxylic acid groups (broad SMARTS) is 1. The second-order valence-electron chi connectivity index (χ2n) is 5.44. The molecule has 0 aliphatic heterocycles. The van der Waals surface area contributed by atoms with E-state index >= 15 is 0 Å². The van der Waals surface area contributed by atoms with Crippen molar-refractivity contribution in [2.75, 3.05) is 5.33 Å². The van der Waals surface area contributed by atoms with Crippen molar-refractivity contribution in [3.8, 4) is 0 Å².